The number of benzene rings is 1. The van der Waals surface area contributed by atoms with Gasteiger partial charge < -0.3 is 20.1 Å². The molecular weight excluding hydrogens is 148 g/mol. The Kier molecular flexibility index (Phi) is 1.04. The highest BCUT2D eigenvalue weighted by atomic mass is 16.7. The van der Waals surface area contributed by atoms with Crippen LogP contribution in [0.5, 0.6) is 11.5 Å². The van der Waals surface area contributed by atoms with Crippen molar-refractivity contribution < 1.29 is 20.1 Å². The molecule has 0 atom stereocenters. The van der Waals surface area contributed by atoms with Crippen molar-refractivity contribution in [1.29, 1.82) is 0 Å². The molecule has 1 aliphatic heterocycles. The number of rotatable bonds is 1. The summed E-state index contributed by atoms with van der Waals surface area (Å²) in [7, 11) is 0. The fourth-order valence-electron chi connectivity index (χ4n) is 0.953. The smallest absolute Gasteiger partial charge is 0.308 e. The first kappa shape index (κ1) is 6.60. The number of aliphatic hydroxyl groups is 3. The number of hydrogen-bond donors (Lipinski definition) is 3. The van der Waals surface area contributed by atoms with E-state index < -0.39 is 5.97 Å². The summed E-state index contributed by atoms with van der Waals surface area (Å²) < 4.78 is 4.82. The molecular formula is C7H6O4. The second-order valence-corrected chi connectivity index (χ2v) is 2.37. The van der Waals surface area contributed by atoms with Crippen molar-refractivity contribution in [3.63, 3.8) is 0 Å². The van der Waals surface area contributed by atoms with Crippen LogP contribution >= 0.6 is 0 Å². The van der Waals surface area contributed by atoms with Crippen molar-refractivity contribution in [1.82, 2.24) is 0 Å². The lowest BCUT2D eigenvalue weighted by atomic mass is 10.2. The maximum Gasteiger partial charge on any atom is 0.308 e. The normalized spacial score (nSPS) is 13.7. The van der Waals surface area contributed by atoms with E-state index in [0.717, 1.165) is 0 Å². The van der Waals surface area contributed by atoms with Crippen molar-refractivity contribution in [3.8, 4) is 11.5 Å². The SMILES string of the molecule is OC(O)(O)c1cccc2c1O2. The third kappa shape index (κ3) is 0.970. The molecule has 0 bridgehead atoms. The number of fused-ring (bicyclic) bond motifs is 1. The van der Waals surface area contributed by atoms with Crippen LogP contribution in [0.2, 0.25) is 0 Å². The van der Waals surface area contributed by atoms with Crippen LogP contribution in [0.15, 0.2) is 18.2 Å². The molecule has 0 radical (unpaired) electrons. The molecule has 1 aromatic carbocycles. The molecule has 1 aliphatic rings. The van der Waals surface area contributed by atoms with E-state index in [1.807, 2.05) is 0 Å². The average Bonchev–Trinajstić information content (AvgIpc) is 2.60. The Hall–Kier alpha value is -1.10. The fraction of sp³-hybridized carbons (Fsp3) is 0.143. The summed E-state index contributed by atoms with van der Waals surface area (Å²) in [4.78, 5) is 0. The Morgan fingerprint density at radius 3 is 2.45 bits per heavy atom. The molecule has 0 unspecified atom stereocenters. The second-order valence-electron chi connectivity index (χ2n) is 2.37. The zero-order valence-electron chi connectivity index (χ0n) is 5.48. The highest BCUT2D eigenvalue weighted by molar-refractivity contribution is 5.59. The molecule has 4 nitrogen and oxygen atoms in total. The van der Waals surface area contributed by atoms with Crippen LogP contribution in [0.3, 0.4) is 0 Å². The third-order valence-corrected chi connectivity index (χ3v) is 1.51. The summed E-state index contributed by atoms with van der Waals surface area (Å²) in [6.45, 7) is 0. The van der Waals surface area contributed by atoms with Crippen LogP contribution in [-0.2, 0) is 5.97 Å². The topological polar surface area (TPSA) is 73.2 Å². The van der Waals surface area contributed by atoms with Gasteiger partial charge in [-0.2, -0.15) is 0 Å². The quantitative estimate of drug-likeness (QED) is 0.395. The summed E-state index contributed by atoms with van der Waals surface area (Å²) >= 11 is 0. The molecule has 0 aliphatic carbocycles. The van der Waals surface area contributed by atoms with E-state index in [1.54, 1.807) is 12.1 Å². The lowest BCUT2D eigenvalue weighted by molar-refractivity contribution is -0.323. The van der Waals surface area contributed by atoms with E-state index in [4.69, 9.17) is 20.1 Å². The molecule has 58 valence electrons. The van der Waals surface area contributed by atoms with Gasteiger partial charge in [0.05, 0.1) is 5.56 Å². The average molecular weight is 154 g/mol. The van der Waals surface area contributed by atoms with Gasteiger partial charge in [-0.25, -0.2) is 0 Å². The first-order chi connectivity index (χ1) is 5.09. The largest absolute Gasteiger partial charge is 0.449 e. The fourth-order valence-corrected chi connectivity index (χ4v) is 0.953. The third-order valence-electron chi connectivity index (χ3n) is 1.51. The Balaban J connectivity index is 2.50. The van der Waals surface area contributed by atoms with Crippen molar-refractivity contribution >= 4 is 0 Å². The first-order valence-corrected chi connectivity index (χ1v) is 3.07. The van der Waals surface area contributed by atoms with Gasteiger partial charge in [0.25, 0.3) is 0 Å². The molecule has 2 rings (SSSR count). The Labute approximate surface area is 62.3 Å². The highest BCUT2D eigenvalue weighted by Gasteiger charge is 2.35. The number of hydrogen-bond acceptors (Lipinski definition) is 4. The van der Waals surface area contributed by atoms with E-state index in [9.17, 15) is 0 Å². The van der Waals surface area contributed by atoms with E-state index in [0.29, 0.717) is 11.5 Å². The highest BCUT2D eigenvalue weighted by Crippen LogP contribution is 2.49. The minimum absolute atomic E-state index is 0.0185. The summed E-state index contributed by atoms with van der Waals surface area (Å²) in [5.74, 6) is -1.87. The molecule has 0 fully saturated rings. The van der Waals surface area contributed by atoms with Gasteiger partial charge in [-0.3, -0.25) is 0 Å². The van der Waals surface area contributed by atoms with Crippen molar-refractivity contribution in [2.24, 2.45) is 0 Å². The van der Waals surface area contributed by atoms with Crippen molar-refractivity contribution in [3.05, 3.63) is 23.8 Å². The van der Waals surface area contributed by atoms with E-state index in [-0.39, 0.29) is 5.56 Å². The lowest BCUT2D eigenvalue weighted by Crippen LogP contribution is -2.22. The zero-order valence-corrected chi connectivity index (χ0v) is 5.48. The molecule has 1 heterocycles. The monoisotopic (exact) mass is 154 g/mol. The van der Waals surface area contributed by atoms with Crippen LogP contribution in [0.1, 0.15) is 5.56 Å². The van der Waals surface area contributed by atoms with Gasteiger partial charge in [0.15, 0.2) is 11.5 Å². The van der Waals surface area contributed by atoms with E-state index in [2.05, 4.69) is 0 Å². The Morgan fingerprint density at radius 2 is 1.91 bits per heavy atom. The number of para-hydroxylation sites is 1. The van der Waals surface area contributed by atoms with Crippen molar-refractivity contribution in [2.75, 3.05) is 0 Å². The van der Waals surface area contributed by atoms with E-state index in [1.165, 1.54) is 6.07 Å². The van der Waals surface area contributed by atoms with Crippen molar-refractivity contribution in [2.45, 2.75) is 5.97 Å². The molecule has 1 aromatic rings. The molecule has 4 heteroatoms. The summed E-state index contributed by atoms with van der Waals surface area (Å²) in [6.07, 6.45) is 0. The van der Waals surface area contributed by atoms with Crippen LogP contribution in [0, 0.1) is 0 Å². The predicted octanol–water partition coefficient (Wildman–Crippen LogP) is -0.120. The molecule has 0 amide bonds. The molecule has 0 saturated heterocycles. The van der Waals surface area contributed by atoms with Gasteiger partial charge >= 0.3 is 5.97 Å². The maximum absolute atomic E-state index is 8.73. The minimum Gasteiger partial charge on any atom is -0.449 e. The molecule has 0 saturated carbocycles. The summed E-state index contributed by atoms with van der Waals surface area (Å²) in [6, 6.07) is 4.62. The standard InChI is InChI=1S/C7H6O4/c8-7(9,10)4-2-1-3-5-6(4)11-5/h1-3,8-10H. The van der Waals surface area contributed by atoms with E-state index >= 15 is 0 Å². The van der Waals surface area contributed by atoms with Gasteiger partial charge in [-0.15, -0.1) is 0 Å². The summed E-state index contributed by atoms with van der Waals surface area (Å²) in [5.41, 5.74) is -0.0185. The van der Waals surface area contributed by atoms with Gasteiger partial charge in [0.1, 0.15) is 0 Å². The number of ether oxygens (including phenoxy) is 1. The second kappa shape index (κ2) is 1.73. The molecule has 0 spiro atoms. The van der Waals surface area contributed by atoms with Gasteiger partial charge in [-0.05, 0) is 12.1 Å². The zero-order chi connectivity index (χ0) is 8.06. The van der Waals surface area contributed by atoms with Crippen LogP contribution in [0.4, 0.5) is 0 Å². The maximum atomic E-state index is 8.73. The van der Waals surface area contributed by atoms with Gasteiger partial charge in [0, 0.05) is 0 Å². The molecule has 11 heavy (non-hydrogen) atoms. The van der Waals surface area contributed by atoms with Crippen LogP contribution in [-0.4, -0.2) is 15.3 Å². The van der Waals surface area contributed by atoms with Gasteiger partial charge in [-0.1, -0.05) is 6.07 Å². The van der Waals surface area contributed by atoms with Crippen LogP contribution in [0.25, 0.3) is 0 Å². The Bertz CT molecular complexity index is 300. The van der Waals surface area contributed by atoms with Crippen LogP contribution < -0.4 is 4.74 Å². The van der Waals surface area contributed by atoms with Gasteiger partial charge in [0.2, 0.25) is 0 Å². The summed E-state index contributed by atoms with van der Waals surface area (Å²) in [5, 5.41) is 26.2. The lowest BCUT2D eigenvalue weighted by Gasteiger charge is -2.11. The Morgan fingerprint density at radius 1 is 1.18 bits per heavy atom. The molecule has 0 aromatic heterocycles. The predicted molar refractivity (Wildman–Crippen MR) is 34.9 cm³/mol. The molecule has 3 N–H and O–H groups in total. The first-order valence-electron chi connectivity index (χ1n) is 3.07. The minimum atomic E-state index is -2.79.